The first kappa shape index (κ1) is 16.3. The van der Waals surface area contributed by atoms with Crippen molar-refractivity contribution in [1.29, 1.82) is 0 Å². The van der Waals surface area contributed by atoms with Gasteiger partial charge in [-0.15, -0.1) is 0 Å². The third-order valence-corrected chi connectivity index (χ3v) is 4.68. The molecule has 2 aromatic carbocycles. The van der Waals surface area contributed by atoms with Crippen molar-refractivity contribution in [3.63, 3.8) is 0 Å². The van der Waals surface area contributed by atoms with Crippen molar-refractivity contribution in [2.24, 2.45) is 0 Å². The summed E-state index contributed by atoms with van der Waals surface area (Å²) in [4.78, 5) is 0. The maximum absolute atomic E-state index is 11.7. The van der Waals surface area contributed by atoms with Crippen LogP contribution in [-0.2, 0) is 16.8 Å². The molecule has 2 rings (SSSR count). The van der Waals surface area contributed by atoms with Crippen molar-refractivity contribution in [2.75, 3.05) is 24.1 Å². The lowest BCUT2D eigenvalue weighted by Gasteiger charge is -2.14. The summed E-state index contributed by atoms with van der Waals surface area (Å²) in [5.41, 5.74) is 3.91. The Morgan fingerprint density at radius 3 is 2.00 bits per heavy atom. The molecule has 0 aromatic heterocycles. The van der Waals surface area contributed by atoms with Crippen molar-refractivity contribution in [1.82, 2.24) is 4.31 Å². The van der Waals surface area contributed by atoms with E-state index in [1.165, 1.54) is 25.2 Å². The monoisotopic (exact) mass is 319 g/mol. The standard InChI is InChI=1S/C16H21N3O2S/c1-13-4-6-14(7-5-13)12-17-15-8-10-16(11-9-15)18-22(20,21)19(2)3/h4-11,17-18H,12H2,1-3H3. The Morgan fingerprint density at radius 1 is 0.909 bits per heavy atom. The average molecular weight is 319 g/mol. The second-order valence-electron chi connectivity index (χ2n) is 5.31. The van der Waals surface area contributed by atoms with E-state index in [2.05, 4.69) is 41.2 Å². The zero-order chi connectivity index (χ0) is 16.2. The normalized spacial score (nSPS) is 11.5. The van der Waals surface area contributed by atoms with Gasteiger partial charge < -0.3 is 5.32 Å². The first-order valence-electron chi connectivity index (χ1n) is 6.96. The van der Waals surface area contributed by atoms with Gasteiger partial charge in [-0.25, -0.2) is 0 Å². The SMILES string of the molecule is Cc1ccc(CNc2ccc(NS(=O)(=O)N(C)C)cc2)cc1. The molecule has 0 fully saturated rings. The molecule has 0 atom stereocenters. The summed E-state index contributed by atoms with van der Waals surface area (Å²) in [6.45, 7) is 2.79. The van der Waals surface area contributed by atoms with Crippen LogP contribution in [0, 0.1) is 6.92 Å². The van der Waals surface area contributed by atoms with Crippen molar-refractivity contribution < 1.29 is 8.42 Å². The fourth-order valence-corrected chi connectivity index (χ4v) is 2.42. The predicted molar refractivity (Wildman–Crippen MR) is 91.2 cm³/mol. The van der Waals surface area contributed by atoms with Crippen LogP contribution in [0.4, 0.5) is 11.4 Å². The summed E-state index contributed by atoms with van der Waals surface area (Å²) in [7, 11) is -0.489. The molecule has 0 amide bonds. The molecule has 0 spiro atoms. The van der Waals surface area contributed by atoms with Crippen molar-refractivity contribution >= 4 is 21.6 Å². The van der Waals surface area contributed by atoms with E-state index >= 15 is 0 Å². The summed E-state index contributed by atoms with van der Waals surface area (Å²) in [6, 6.07) is 15.5. The number of anilines is 2. The summed E-state index contributed by atoms with van der Waals surface area (Å²) in [5, 5.41) is 3.31. The summed E-state index contributed by atoms with van der Waals surface area (Å²) < 4.78 is 27.1. The van der Waals surface area contributed by atoms with Gasteiger partial charge in [0.25, 0.3) is 0 Å². The maximum Gasteiger partial charge on any atom is 0.301 e. The molecular formula is C16H21N3O2S. The quantitative estimate of drug-likeness (QED) is 0.860. The lowest BCUT2D eigenvalue weighted by molar-refractivity contribution is 0.527. The lowest BCUT2D eigenvalue weighted by atomic mass is 10.1. The van der Waals surface area contributed by atoms with Crippen LogP contribution in [0.5, 0.6) is 0 Å². The van der Waals surface area contributed by atoms with E-state index in [1.54, 1.807) is 12.1 Å². The third kappa shape index (κ3) is 4.47. The molecule has 0 aliphatic rings. The highest BCUT2D eigenvalue weighted by Gasteiger charge is 2.12. The van der Waals surface area contributed by atoms with Crippen molar-refractivity contribution in [3.05, 3.63) is 59.7 Å². The van der Waals surface area contributed by atoms with Gasteiger partial charge in [0.2, 0.25) is 0 Å². The van der Waals surface area contributed by atoms with Crippen LogP contribution >= 0.6 is 0 Å². The van der Waals surface area contributed by atoms with E-state index in [0.717, 1.165) is 16.5 Å². The van der Waals surface area contributed by atoms with Crippen LogP contribution in [0.3, 0.4) is 0 Å². The average Bonchev–Trinajstić information content (AvgIpc) is 2.48. The third-order valence-electron chi connectivity index (χ3n) is 3.23. The molecule has 0 aliphatic heterocycles. The smallest absolute Gasteiger partial charge is 0.301 e. The van der Waals surface area contributed by atoms with Crippen LogP contribution < -0.4 is 10.0 Å². The van der Waals surface area contributed by atoms with Gasteiger partial charge in [-0.1, -0.05) is 29.8 Å². The molecule has 0 heterocycles. The minimum Gasteiger partial charge on any atom is -0.381 e. The van der Waals surface area contributed by atoms with Gasteiger partial charge in [0.15, 0.2) is 0 Å². The van der Waals surface area contributed by atoms with Gasteiger partial charge in [0, 0.05) is 32.0 Å². The molecule has 0 bridgehead atoms. The minimum absolute atomic E-state index is 0.537. The first-order valence-corrected chi connectivity index (χ1v) is 8.40. The molecule has 2 aromatic rings. The topological polar surface area (TPSA) is 61.4 Å². The van der Waals surface area contributed by atoms with Gasteiger partial charge >= 0.3 is 10.2 Å². The van der Waals surface area contributed by atoms with Gasteiger partial charge in [-0.05, 0) is 36.8 Å². The maximum atomic E-state index is 11.7. The largest absolute Gasteiger partial charge is 0.381 e. The van der Waals surface area contributed by atoms with Gasteiger partial charge in [-0.3, -0.25) is 4.72 Å². The lowest BCUT2D eigenvalue weighted by Crippen LogP contribution is -2.28. The molecule has 0 saturated heterocycles. The molecule has 0 radical (unpaired) electrons. The highest BCUT2D eigenvalue weighted by molar-refractivity contribution is 7.90. The number of aryl methyl sites for hydroxylation is 1. The number of hydrogen-bond acceptors (Lipinski definition) is 3. The Morgan fingerprint density at radius 2 is 1.45 bits per heavy atom. The highest BCUT2D eigenvalue weighted by Crippen LogP contribution is 2.16. The second-order valence-corrected chi connectivity index (χ2v) is 7.19. The van der Waals surface area contributed by atoms with E-state index < -0.39 is 10.2 Å². The Hall–Kier alpha value is -2.05. The molecule has 5 nitrogen and oxygen atoms in total. The predicted octanol–water partition coefficient (Wildman–Crippen LogP) is 2.83. The Balaban J connectivity index is 1.96. The van der Waals surface area contributed by atoms with E-state index in [9.17, 15) is 8.42 Å². The van der Waals surface area contributed by atoms with E-state index in [-0.39, 0.29) is 0 Å². The number of nitrogens with one attached hydrogen (secondary N) is 2. The molecular weight excluding hydrogens is 298 g/mol. The summed E-state index contributed by atoms with van der Waals surface area (Å²) in [5.74, 6) is 0. The summed E-state index contributed by atoms with van der Waals surface area (Å²) in [6.07, 6.45) is 0. The van der Waals surface area contributed by atoms with Crippen LogP contribution in [0.25, 0.3) is 0 Å². The van der Waals surface area contributed by atoms with Crippen LogP contribution in [-0.4, -0.2) is 26.8 Å². The number of rotatable bonds is 6. The zero-order valence-electron chi connectivity index (χ0n) is 13.0. The number of benzene rings is 2. The molecule has 0 saturated carbocycles. The number of hydrogen-bond donors (Lipinski definition) is 2. The van der Waals surface area contributed by atoms with E-state index in [0.29, 0.717) is 5.69 Å². The van der Waals surface area contributed by atoms with Crippen LogP contribution in [0.1, 0.15) is 11.1 Å². The Kier molecular flexibility index (Phi) is 5.05. The Bertz CT molecular complexity index is 708. The Labute approximate surface area is 132 Å². The number of nitrogens with zero attached hydrogens (tertiary/aromatic N) is 1. The minimum atomic E-state index is -3.46. The first-order chi connectivity index (χ1) is 10.4. The molecule has 118 valence electrons. The molecule has 0 aliphatic carbocycles. The summed E-state index contributed by atoms with van der Waals surface area (Å²) >= 11 is 0. The van der Waals surface area contributed by atoms with Crippen molar-refractivity contribution in [2.45, 2.75) is 13.5 Å². The second kappa shape index (κ2) is 6.81. The fraction of sp³-hybridized carbons (Fsp3) is 0.250. The van der Waals surface area contributed by atoms with Gasteiger partial charge in [0.05, 0.1) is 0 Å². The molecule has 2 N–H and O–H groups in total. The molecule has 22 heavy (non-hydrogen) atoms. The van der Waals surface area contributed by atoms with Gasteiger partial charge in [0.1, 0.15) is 0 Å². The molecule has 0 unspecified atom stereocenters. The zero-order valence-corrected chi connectivity index (χ0v) is 13.8. The van der Waals surface area contributed by atoms with Crippen LogP contribution in [0.2, 0.25) is 0 Å². The van der Waals surface area contributed by atoms with Crippen LogP contribution in [0.15, 0.2) is 48.5 Å². The highest BCUT2D eigenvalue weighted by atomic mass is 32.2. The van der Waals surface area contributed by atoms with E-state index in [1.807, 2.05) is 12.1 Å². The fourth-order valence-electron chi connectivity index (χ4n) is 1.81. The van der Waals surface area contributed by atoms with Crippen molar-refractivity contribution in [3.8, 4) is 0 Å². The van der Waals surface area contributed by atoms with Gasteiger partial charge in [-0.2, -0.15) is 12.7 Å². The molecule has 6 heteroatoms. The van der Waals surface area contributed by atoms with E-state index in [4.69, 9.17) is 0 Å².